The topological polar surface area (TPSA) is 91.4 Å². The molecule has 140 valence electrons. The van der Waals surface area contributed by atoms with Crippen LogP contribution in [0.15, 0.2) is 36.7 Å². The van der Waals surface area contributed by atoms with Crippen LogP contribution in [0.4, 0.5) is 14.9 Å². The highest BCUT2D eigenvalue weighted by atomic mass is 19.1. The molecule has 8 heteroatoms. The van der Waals surface area contributed by atoms with Crippen molar-refractivity contribution in [1.82, 2.24) is 15.2 Å². The Morgan fingerprint density at radius 3 is 2.74 bits per heavy atom. The van der Waals surface area contributed by atoms with Gasteiger partial charge in [0.15, 0.2) is 0 Å². The minimum Gasteiger partial charge on any atom is -0.326 e. The summed E-state index contributed by atoms with van der Waals surface area (Å²) in [6, 6.07) is 5.38. The van der Waals surface area contributed by atoms with Crippen molar-refractivity contribution < 1.29 is 18.8 Å². The quantitative estimate of drug-likeness (QED) is 0.812. The van der Waals surface area contributed by atoms with E-state index < -0.39 is 23.8 Å². The van der Waals surface area contributed by atoms with Crippen LogP contribution in [-0.2, 0) is 9.59 Å². The molecule has 4 amide bonds. The van der Waals surface area contributed by atoms with Gasteiger partial charge in [0.1, 0.15) is 11.9 Å². The largest absolute Gasteiger partial charge is 0.326 e. The predicted molar refractivity (Wildman–Crippen MR) is 97.3 cm³/mol. The molecule has 1 saturated heterocycles. The van der Waals surface area contributed by atoms with E-state index in [-0.39, 0.29) is 18.7 Å². The van der Waals surface area contributed by atoms with E-state index in [9.17, 15) is 18.8 Å². The summed E-state index contributed by atoms with van der Waals surface area (Å²) in [4.78, 5) is 40.8. The summed E-state index contributed by atoms with van der Waals surface area (Å²) in [6.07, 6.45) is 3.12. The number of likely N-dealkylation sites (N-methyl/N-ethyl adjacent to an activating group) is 1. The number of rotatable bonds is 3. The van der Waals surface area contributed by atoms with Crippen LogP contribution >= 0.6 is 0 Å². The van der Waals surface area contributed by atoms with Crippen molar-refractivity contribution in [3.63, 3.8) is 0 Å². The van der Waals surface area contributed by atoms with Gasteiger partial charge >= 0.3 is 6.03 Å². The summed E-state index contributed by atoms with van der Waals surface area (Å²) in [7, 11) is 1.40. The van der Waals surface area contributed by atoms with E-state index in [4.69, 9.17) is 0 Å². The van der Waals surface area contributed by atoms with E-state index >= 15 is 0 Å². The number of pyridine rings is 1. The zero-order valence-corrected chi connectivity index (χ0v) is 15.0. The Labute approximate surface area is 155 Å². The Hall–Kier alpha value is -3.29. The van der Waals surface area contributed by atoms with E-state index in [0.29, 0.717) is 16.8 Å². The minimum atomic E-state index is -0.747. The van der Waals surface area contributed by atoms with Crippen LogP contribution in [0.3, 0.4) is 0 Å². The number of amides is 4. The number of aromatic nitrogens is 1. The normalized spacial score (nSPS) is 17.0. The molecule has 0 spiro atoms. The van der Waals surface area contributed by atoms with Gasteiger partial charge in [-0.25, -0.2) is 9.18 Å². The number of piperidine rings is 1. The molecular formula is C19H19FN4O3. The van der Waals surface area contributed by atoms with E-state index in [1.807, 2.05) is 6.92 Å². The number of hydrogen-bond acceptors (Lipinski definition) is 4. The van der Waals surface area contributed by atoms with Crippen molar-refractivity contribution in [1.29, 1.82) is 0 Å². The first kappa shape index (κ1) is 18.5. The number of anilines is 1. The van der Waals surface area contributed by atoms with Crippen molar-refractivity contribution in [3.05, 3.63) is 48.0 Å². The summed E-state index contributed by atoms with van der Waals surface area (Å²) >= 11 is 0. The number of hydrogen-bond donors (Lipinski definition) is 2. The first-order valence-electron chi connectivity index (χ1n) is 8.44. The molecule has 1 aromatic carbocycles. The van der Waals surface area contributed by atoms with Crippen molar-refractivity contribution >= 4 is 23.5 Å². The van der Waals surface area contributed by atoms with Crippen molar-refractivity contribution in [2.24, 2.45) is 0 Å². The Balaban J connectivity index is 1.73. The van der Waals surface area contributed by atoms with Crippen molar-refractivity contribution in [2.75, 3.05) is 12.4 Å². The monoisotopic (exact) mass is 370 g/mol. The third kappa shape index (κ3) is 4.11. The number of nitrogens with zero attached hydrogens (tertiary/aromatic N) is 2. The van der Waals surface area contributed by atoms with Gasteiger partial charge in [-0.05, 0) is 36.6 Å². The molecule has 1 unspecified atom stereocenters. The number of aryl methyl sites for hydroxylation is 1. The summed E-state index contributed by atoms with van der Waals surface area (Å²) in [5.41, 5.74) is 2.62. The first-order valence-corrected chi connectivity index (χ1v) is 8.44. The maximum atomic E-state index is 13.4. The second-order valence-corrected chi connectivity index (χ2v) is 6.40. The van der Waals surface area contributed by atoms with Crippen molar-refractivity contribution in [3.8, 4) is 11.1 Å². The van der Waals surface area contributed by atoms with Gasteiger partial charge in [-0.1, -0.05) is 12.1 Å². The molecular weight excluding hydrogens is 351 g/mol. The van der Waals surface area contributed by atoms with E-state index in [1.165, 1.54) is 19.3 Å². The zero-order chi connectivity index (χ0) is 19.6. The Morgan fingerprint density at radius 1 is 1.22 bits per heavy atom. The summed E-state index contributed by atoms with van der Waals surface area (Å²) < 4.78 is 13.4. The number of carbonyl (C=O) groups is 3. The number of imide groups is 1. The standard InChI is InChI=1S/C19H19FN4O3/c1-11-3-4-12(13-7-14(20)10-21-9-13)8-16(11)23-19(27)22-15-5-6-17(25)24(2)18(15)26/h3-4,7-10,15H,5-6H2,1-2H3,(H2,22,23,27). The third-order valence-electron chi connectivity index (χ3n) is 4.48. The molecule has 1 fully saturated rings. The van der Waals surface area contributed by atoms with Crippen LogP contribution in [0, 0.1) is 12.7 Å². The van der Waals surface area contributed by atoms with Crippen LogP contribution in [0.2, 0.25) is 0 Å². The molecule has 2 heterocycles. The summed E-state index contributed by atoms with van der Waals surface area (Å²) in [5, 5.41) is 5.31. The van der Waals surface area contributed by atoms with E-state index in [0.717, 1.165) is 16.7 Å². The Bertz CT molecular complexity index is 916. The van der Waals surface area contributed by atoms with Crippen LogP contribution in [0.5, 0.6) is 0 Å². The smallest absolute Gasteiger partial charge is 0.319 e. The fraction of sp³-hybridized carbons (Fsp3) is 0.263. The molecule has 1 atom stereocenters. The van der Waals surface area contributed by atoms with Gasteiger partial charge in [0.2, 0.25) is 5.91 Å². The lowest BCUT2D eigenvalue weighted by Crippen LogP contribution is -2.53. The number of halogens is 1. The van der Waals surface area contributed by atoms with Crippen LogP contribution in [0.1, 0.15) is 18.4 Å². The van der Waals surface area contributed by atoms with Gasteiger partial charge in [-0.2, -0.15) is 0 Å². The lowest BCUT2D eigenvalue weighted by Gasteiger charge is -2.28. The predicted octanol–water partition coefficient (Wildman–Crippen LogP) is 2.47. The third-order valence-corrected chi connectivity index (χ3v) is 4.48. The second kappa shape index (κ2) is 7.53. The van der Waals surface area contributed by atoms with Gasteiger partial charge in [-0.15, -0.1) is 0 Å². The minimum absolute atomic E-state index is 0.203. The first-order chi connectivity index (χ1) is 12.8. The van der Waals surface area contributed by atoms with E-state index in [2.05, 4.69) is 15.6 Å². The molecule has 2 aromatic rings. The molecule has 27 heavy (non-hydrogen) atoms. The number of likely N-dealkylation sites (tertiary alicyclic amines) is 1. The zero-order valence-electron chi connectivity index (χ0n) is 15.0. The molecule has 0 bridgehead atoms. The highest BCUT2D eigenvalue weighted by Gasteiger charge is 2.32. The SMILES string of the molecule is Cc1ccc(-c2cncc(F)c2)cc1NC(=O)NC1CCC(=O)N(C)C1=O. The van der Waals surface area contributed by atoms with Crippen LogP contribution < -0.4 is 10.6 Å². The van der Waals surface area contributed by atoms with Gasteiger partial charge in [0.05, 0.1) is 6.20 Å². The molecule has 0 aliphatic carbocycles. The molecule has 2 N–H and O–H groups in total. The highest BCUT2D eigenvalue weighted by molar-refractivity contribution is 6.02. The van der Waals surface area contributed by atoms with Crippen LogP contribution in [0.25, 0.3) is 11.1 Å². The fourth-order valence-corrected chi connectivity index (χ4v) is 2.87. The average molecular weight is 370 g/mol. The van der Waals surface area contributed by atoms with Crippen molar-refractivity contribution in [2.45, 2.75) is 25.8 Å². The molecule has 1 aliphatic rings. The molecule has 0 radical (unpaired) electrons. The molecule has 3 rings (SSSR count). The number of urea groups is 1. The van der Waals surface area contributed by atoms with Gasteiger partial charge in [0, 0.05) is 30.9 Å². The molecule has 7 nitrogen and oxygen atoms in total. The maximum Gasteiger partial charge on any atom is 0.319 e. The van der Waals surface area contributed by atoms with Gasteiger partial charge in [-0.3, -0.25) is 19.5 Å². The molecule has 1 aliphatic heterocycles. The number of nitrogens with one attached hydrogen (secondary N) is 2. The second-order valence-electron chi connectivity index (χ2n) is 6.40. The fourth-order valence-electron chi connectivity index (χ4n) is 2.87. The number of benzene rings is 1. The highest BCUT2D eigenvalue weighted by Crippen LogP contribution is 2.25. The van der Waals surface area contributed by atoms with E-state index in [1.54, 1.807) is 18.2 Å². The number of carbonyl (C=O) groups excluding carboxylic acids is 3. The van der Waals surface area contributed by atoms with Crippen LogP contribution in [-0.4, -0.2) is 40.8 Å². The molecule has 1 aromatic heterocycles. The summed E-state index contributed by atoms with van der Waals surface area (Å²) in [5.74, 6) is -1.14. The van der Waals surface area contributed by atoms with Gasteiger partial charge < -0.3 is 10.6 Å². The van der Waals surface area contributed by atoms with Gasteiger partial charge in [0.25, 0.3) is 5.91 Å². The lowest BCUT2D eigenvalue weighted by atomic mass is 10.0. The maximum absolute atomic E-state index is 13.4. The molecule has 0 saturated carbocycles. The summed E-state index contributed by atoms with van der Waals surface area (Å²) in [6.45, 7) is 1.82. The average Bonchev–Trinajstić information content (AvgIpc) is 2.64. The lowest BCUT2D eigenvalue weighted by molar-refractivity contribution is -0.147. The Kier molecular flexibility index (Phi) is 5.16. The Morgan fingerprint density at radius 2 is 2.00 bits per heavy atom.